The van der Waals surface area contributed by atoms with Crippen LogP contribution in [-0.2, 0) is 28.5 Å². The second-order valence-corrected chi connectivity index (χ2v) is 7.41. The Morgan fingerprint density at radius 1 is 1.21 bits per heavy atom. The number of esters is 1. The number of rotatable bonds is 5. The summed E-state index contributed by atoms with van der Waals surface area (Å²) in [4.78, 5) is 26.4. The summed E-state index contributed by atoms with van der Waals surface area (Å²) in [6, 6.07) is 9.34. The van der Waals surface area contributed by atoms with Crippen LogP contribution in [-0.4, -0.2) is 60.6 Å². The lowest BCUT2D eigenvalue weighted by Crippen LogP contribution is -2.64. The second-order valence-electron chi connectivity index (χ2n) is 7.41. The van der Waals surface area contributed by atoms with Gasteiger partial charge in [0.1, 0.15) is 11.8 Å². The van der Waals surface area contributed by atoms with E-state index in [1.165, 1.54) is 12.0 Å². The van der Waals surface area contributed by atoms with Crippen LogP contribution < -0.4 is 0 Å². The first kappa shape index (κ1) is 18.9. The minimum absolute atomic E-state index is 0.222. The first-order valence-corrected chi connectivity index (χ1v) is 9.23. The first-order valence-electron chi connectivity index (χ1n) is 9.23. The number of benzene rings is 1. The summed E-state index contributed by atoms with van der Waals surface area (Å²) in [7, 11) is 1.49. The van der Waals surface area contributed by atoms with Gasteiger partial charge in [-0.25, -0.2) is 4.79 Å². The molecule has 4 atom stereocenters. The number of likely N-dealkylation sites (tertiary alicyclic amines) is 1. The van der Waals surface area contributed by atoms with Crippen LogP contribution in [0.1, 0.15) is 19.4 Å². The van der Waals surface area contributed by atoms with E-state index >= 15 is 0 Å². The molecule has 0 bridgehead atoms. The van der Waals surface area contributed by atoms with E-state index in [1.807, 2.05) is 42.5 Å². The molecule has 0 spiro atoms. The minimum atomic E-state index is -0.720. The molecule has 1 aromatic rings. The number of hydrogen-bond donors (Lipinski definition) is 0. The third-order valence-corrected chi connectivity index (χ3v) is 5.06. The van der Waals surface area contributed by atoms with Crippen LogP contribution >= 0.6 is 0 Å². The molecule has 0 aromatic heterocycles. The molecule has 4 rings (SSSR count). The van der Waals surface area contributed by atoms with Crippen molar-refractivity contribution in [3.8, 4) is 0 Å². The summed E-state index contributed by atoms with van der Waals surface area (Å²) in [5.41, 5.74) is 1.22. The normalized spacial score (nSPS) is 31.8. The SMILES string of the molecule is CO[C@H]1C(=O)N(C2=C[C@@H]([C@@H]3COC(C)(C)O3)OC2=O)[C@H]1/C=C/c1ccccc1. The third-order valence-electron chi connectivity index (χ3n) is 5.06. The Kier molecular flexibility index (Phi) is 4.82. The lowest BCUT2D eigenvalue weighted by Gasteiger charge is -2.44. The summed E-state index contributed by atoms with van der Waals surface area (Å²) in [5, 5.41) is 0. The molecule has 0 radical (unpaired) electrons. The van der Waals surface area contributed by atoms with Crippen LogP contribution in [0.15, 0.2) is 48.2 Å². The van der Waals surface area contributed by atoms with Gasteiger partial charge in [0.05, 0.1) is 12.6 Å². The number of cyclic esters (lactones) is 1. The predicted octanol–water partition coefficient (Wildman–Crippen LogP) is 1.89. The number of carbonyl (C=O) groups excluding carboxylic acids is 2. The van der Waals surface area contributed by atoms with Gasteiger partial charge in [-0.15, -0.1) is 0 Å². The third kappa shape index (κ3) is 3.37. The van der Waals surface area contributed by atoms with Crippen LogP contribution in [0.2, 0.25) is 0 Å². The largest absolute Gasteiger partial charge is 0.450 e. The van der Waals surface area contributed by atoms with Crippen LogP contribution in [0.25, 0.3) is 6.08 Å². The second kappa shape index (κ2) is 7.16. The van der Waals surface area contributed by atoms with Crippen molar-refractivity contribution >= 4 is 18.0 Å². The van der Waals surface area contributed by atoms with E-state index in [4.69, 9.17) is 18.9 Å². The van der Waals surface area contributed by atoms with Crippen molar-refractivity contribution in [2.75, 3.05) is 13.7 Å². The van der Waals surface area contributed by atoms with Gasteiger partial charge in [-0.3, -0.25) is 9.69 Å². The molecule has 3 aliphatic heterocycles. The minimum Gasteiger partial charge on any atom is -0.450 e. The quantitative estimate of drug-likeness (QED) is 0.569. The fourth-order valence-electron chi connectivity index (χ4n) is 3.64. The average Bonchev–Trinajstić information content (AvgIpc) is 3.22. The van der Waals surface area contributed by atoms with Crippen molar-refractivity contribution in [3.05, 3.63) is 53.7 Å². The zero-order valence-corrected chi connectivity index (χ0v) is 16.0. The maximum atomic E-state index is 12.5. The number of carbonyl (C=O) groups is 2. The Balaban J connectivity index is 1.54. The van der Waals surface area contributed by atoms with Crippen molar-refractivity contribution < 1.29 is 28.5 Å². The summed E-state index contributed by atoms with van der Waals surface area (Å²) in [5.74, 6) is -1.53. The molecule has 7 heteroatoms. The number of amides is 1. The highest BCUT2D eigenvalue weighted by molar-refractivity contribution is 6.01. The Hall–Kier alpha value is -2.48. The van der Waals surface area contributed by atoms with Crippen LogP contribution in [0.3, 0.4) is 0 Å². The van der Waals surface area contributed by atoms with Crippen molar-refractivity contribution in [1.82, 2.24) is 4.90 Å². The smallest absolute Gasteiger partial charge is 0.355 e. The van der Waals surface area contributed by atoms with Crippen LogP contribution in [0, 0.1) is 0 Å². The van der Waals surface area contributed by atoms with E-state index in [9.17, 15) is 9.59 Å². The van der Waals surface area contributed by atoms with Crippen LogP contribution in [0.4, 0.5) is 0 Å². The summed E-state index contributed by atoms with van der Waals surface area (Å²) >= 11 is 0. The van der Waals surface area contributed by atoms with Crippen molar-refractivity contribution in [1.29, 1.82) is 0 Å². The standard InChI is InChI=1S/C21H23NO6/c1-21(2)26-12-17(28-21)16-11-15(20(24)27-16)22-14(18(25-3)19(22)23)10-9-13-7-5-4-6-8-13/h4-11,14,16-18H,12H2,1-3H3/b10-9+/t14-,16-,17-,18+/m0/s1. The topological polar surface area (TPSA) is 74.3 Å². The van der Waals surface area contributed by atoms with E-state index in [0.717, 1.165) is 5.56 Å². The predicted molar refractivity (Wildman–Crippen MR) is 99.8 cm³/mol. The molecule has 0 aliphatic carbocycles. The van der Waals surface area contributed by atoms with Gasteiger partial charge in [-0.05, 0) is 25.5 Å². The van der Waals surface area contributed by atoms with Gasteiger partial charge in [0.25, 0.3) is 5.91 Å². The molecule has 0 unspecified atom stereocenters. The summed E-state index contributed by atoms with van der Waals surface area (Å²) in [6.07, 6.45) is 3.81. The fraction of sp³-hybridized carbons (Fsp3) is 0.429. The molecule has 2 fully saturated rings. The maximum absolute atomic E-state index is 12.5. The lowest BCUT2D eigenvalue weighted by molar-refractivity contribution is -0.167. The molecule has 7 nitrogen and oxygen atoms in total. The fourth-order valence-corrected chi connectivity index (χ4v) is 3.64. The van der Waals surface area contributed by atoms with E-state index in [2.05, 4.69) is 0 Å². The van der Waals surface area contributed by atoms with Gasteiger partial charge in [0, 0.05) is 7.11 Å². The average molecular weight is 385 g/mol. The zero-order valence-electron chi connectivity index (χ0n) is 16.0. The molecule has 0 N–H and O–H groups in total. The number of ether oxygens (including phenoxy) is 4. The van der Waals surface area contributed by atoms with Crippen LogP contribution in [0.5, 0.6) is 0 Å². The van der Waals surface area contributed by atoms with Gasteiger partial charge in [0.15, 0.2) is 18.0 Å². The van der Waals surface area contributed by atoms with Gasteiger partial charge in [0.2, 0.25) is 0 Å². The number of nitrogens with zero attached hydrogens (tertiary/aromatic N) is 1. The molecule has 2 saturated heterocycles. The highest BCUT2D eigenvalue weighted by Crippen LogP contribution is 2.35. The molecular formula is C21H23NO6. The van der Waals surface area contributed by atoms with Gasteiger partial charge in [-0.2, -0.15) is 0 Å². The Bertz CT molecular complexity index is 831. The van der Waals surface area contributed by atoms with Gasteiger partial charge < -0.3 is 18.9 Å². The molecule has 3 heterocycles. The van der Waals surface area contributed by atoms with Crippen molar-refractivity contribution in [2.24, 2.45) is 0 Å². The molecule has 148 valence electrons. The molecule has 0 saturated carbocycles. The van der Waals surface area contributed by atoms with E-state index in [1.54, 1.807) is 19.9 Å². The molecule has 3 aliphatic rings. The highest BCUT2D eigenvalue weighted by atomic mass is 16.8. The number of methoxy groups -OCH3 is 1. The maximum Gasteiger partial charge on any atom is 0.355 e. The molecule has 1 aromatic carbocycles. The molecular weight excluding hydrogens is 362 g/mol. The van der Waals surface area contributed by atoms with E-state index in [0.29, 0.717) is 6.61 Å². The summed E-state index contributed by atoms with van der Waals surface area (Å²) < 4.78 is 22.1. The highest BCUT2D eigenvalue weighted by Gasteiger charge is 2.52. The Morgan fingerprint density at radius 2 is 1.96 bits per heavy atom. The Labute approximate surface area is 163 Å². The summed E-state index contributed by atoms with van der Waals surface area (Å²) in [6.45, 7) is 3.93. The van der Waals surface area contributed by atoms with E-state index in [-0.39, 0.29) is 17.6 Å². The molecule has 1 amide bonds. The molecule has 28 heavy (non-hydrogen) atoms. The monoisotopic (exact) mass is 385 g/mol. The lowest BCUT2D eigenvalue weighted by atomic mass is 9.95. The Morgan fingerprint density at radius 3 is 2.61 bits per heavy atom. The zero-order chi connectivity index (χ0) is 19.9. The first-order chi connectivity index (χ1) is 13.4. The van der Waals surface area contributed by atoms with Crippen molar-refractivity contribution in [3.63, 3.8) is 0 Å². The number of hydrogen-bond acceptors (Lipinski definition) is 6. The van der Waals surface area contributed by atoms with Gasteiger partial charge >= 0.3 is 5.97 Å². The van der Waals surface area contributed by atoms with Gasteiger partial charge in [-0.1, -0.05) is 42.5 Å². The van der Waals surface area contributed by atoms with E-state index < -0.39 is 30.1 Å². The van der Waals surface area contributed by atoms with Crippen molar-refractivity contribution in [2.45, 2.75) is 44.0 Å². The number of β-lactam (4-membered cyclic amide) rings is 1.